The van der Waals surface area contributed by atoms with Crippen molar-refractivity contribution in [1.82, 2.24) is 15.5 Å². The summed E-state index contributed by atoms with van der Waals surface area (Å²) in [6, 6.07) is 0.187. The molecule has 0 unspecified atom stereocenters. The minimum absolute atomic E-state index is 0.105. The van der Waals surface area contributed by atoms with E-state index in [4.69, 9.17) is 9.47 Å². The molecule has 0 atom stereocenters. The number of rotatable bonds is 2. The number of nitrogens with one attached hydrogen (secondary N) is 2. The summed E-state index contributed by atoms with van der Waals surface area (Å²) in [6.45, 7) is 8.21. The highest BCUT2D eigenvalue weighted by Gasteiger charge is 2.27. The van der Waals surface area contributed by atoms with Crippen LogP contribution >= 0.6 is 0 Å². The van der Waals surface area contributed by atoms with E-state index in [9.17, 15) is 9.59 Å². The molecule has 0 radical (unpaired) electrons. The Labute approximate surface area is 138 Å². The van der Waals surface area contributed by atoms with Crippen molar-refractivity contribution in [1.29, 1.82) is 0 Å². The molecule has 2 heterocycles. The molecule has 2 fully saturated rings. The molecule has 0 saturated carbocycles. The second kappa shape index (κ2) is 7.86. The van der Waals surface area contributed by atoms with Gasteiger partial charge in [0.2, 0.25) is 0 Å². The third kappa shape index (κ3) is 6.25. The number of ether oxygens (including phenoxy) is 2. The molecule has 0 aromatic heterocycles. The van der Waals surface area contributed by atoms with Crippen LogP contribution in [-0.2, 0) is 9.47 Å². The van der Waals surface area contributed by atoms with Gasteiger partial charge in [-0.05, 0) is 46.5 Å². The predicted octanol–water partition coefficient (Wildman–Crippen LogP) is 1.86. The van der Waals surface area contributed by atoms with Crippen LogP contribution in [0.25, 0.3) is 0 Å². The SMILES string of the molecule is CC(C)(C)OC(=O)N1CCC(NC(=O)NC2CCOCC2)CC1. The fourth-order valence-electron chi connectivity index (χ4n) is 2.79. The Morgan fingerprint density at radius 3 is 2.04 bits per heavy atom. The Kier molecular flexibility index (Phi) is 6.10. The van der Waals surface area contributed by atoms with Crippen molar-refractivity contribution in [3.8, 4) is 0 Å². The smallest absolute Gasteiger partial charge is 0.410 e. The third-order valence-electron chi connectivity index (χ3n) is 4.04. The van der Waals surface area contributed by atoms with Gasteiger partial charge in [0.15, 0.2) is 0 Å². The summed E-state index contributed by atoms with van der Waals surface area (Å²) in [5, 5.41) is 6.00. The average Bonchev–Trinajstić information content (AvgIpc) is 2.47. The van der Waals surface area contributed by atoms with Gasteiger partial charge in [-0.3, -0.25) is 0 Å². The van der Waals surface area contributed by atoms with Gasteiger partial charge in [0.25, 0.3) is 0 Å². The van der Waals surface area contributed by atoms with Crippen molar-refractivity contribution >= 4 is 12.1 Å². The van der Waals surface area contributed by atoms with Crippen LogP contribution in [0.3, 0.4) is 0 Å². The summed E-state index contributed by atoms with van der Waals surface area (Å²) in [5.41, 5.74) is -0.476. The molecule has 0 aromatic rings. The lowest BCUT2D eigenvalue weighted by molar-refractivity contribution is 0.0201. The molecule has 2 rings (SSSR count). The maximum Gasteiger partial charge on any atom is 0.410 e. The van der Waals surface area contributed by atoms with Gasteiger partial charge in [-0.25, -0.2) is 9.59 Å². The largest absolute Gasteiger partial charge is 0.444 e. The predicted molar refractivity (Wildman–Crippen MR) is 86.3 cm³/mol. The first-order chi connectivity index (χ1) is 10.8. The lowest BCUT2D eigenvalue weighted by atomic mass is 10.1. The second-order valence-corrected chi connectivity index (χ2v) is 7.25. The zero-order valence-electron chi connectivity index (χ0n) is 14.4. The lowest BCUT2D eigenvalue weighted by Gasteiger charge is -2.34. The Morgan fingerprint density at radius 2 is 1.52 bits per heavy atom. The van der Waals surface area contributed by atoms with Crippen LogP contribution in [0.2, 0.25) is 0 Å². The molecule has 2 N–H and O–H groups in total. The molecule has 7 nitrogen and oxygen atoms in total. The van der Waals surface area contributed by atoms with Crippen LogP contribution in [0.4, 0.5) is 9.59 Å². The van der Waals surface area contributed by atoms with Gasteiger partial charge in [-0.2, -0.15) is 0 Å². The van der Waals surface area contributed by atoms with Gasteiger partial charge in [0.1, 0.15) is 5.60 Å². The Hall–Kier alpha value is -1.50. The van der Waals surface area contributed by atoms with Crippen molar-refractivity contribution in [3.63, 3.8) is 0 Å². The zero-order valence-corrected chi connectivity index (χ0v) is 14.4. The Morgan fingerprint density at radius 1 is 1.00 bits per heavy atom. The van der Waals surface area contributed by atoms with Crippen LogP contribution in [0.5, 0.6) is 0 Å². The van der Waals surface area contributed by atoms with Gasteiger partial charge in [0, 0.05) is 38.4 Å². The topological polar surface area (TPSA) is 79.9 Å². The van der Waals surface area contributed by atoms with Crippen molar-refractivity contribution in [2.45, 2.75) is 64.1 Å². The number of hydrogen-bond donors (Lipinski definition) is 2. The van der Waals surface area contributed by atoms with Crippen LogP contribution in [0.15, 0.2) is 0 Å². The van der Waals surface area contributed by atoms with E-state index in [1.165, 1.54) is 0 Å². The number of likely N-dealkylation sites (tertiary alicyclic amines) is 1. The van der Waals surface area contributed by atoms with Crippen molar-refractivity contribution in [3.05, 3.63) is 0 Å². The molecule has 2 saturated heterocycles. The molecule has 0 aromatic carbocycles. The lowest BCUT2D eigenvalue weighted by Crippen LogP contribution is -2.52. The normalized spacial score (nSPS) is 20.9. The molecule has 2 aliphatic heterocycles. The Balaban J connectivity index is 1.67. The molecule has 7 heteroatoms. The number of nitrogens with zero attached hydrogens (tertiary/aromatic N) is 1. The minimum Gasteiger partial charge on any atom is -0.444 e. The number of carbonyl (C=O) groups excluding carboxylic acids is 2. The van der Waals surface area contributed by atoms with E-state index < -0.39 is 5.60 Å². The van der Waals surface area contributed by atoms with Crippen molar-refractivity contribution < 1.29 is 19.1 Å². The Bertz CT molecular complexity index is 408. The first-order valence-electron chi connectivity index (χ1n) is 8.46. The molecule has 0 spiro atoms. The minimum atomic E-state index is -0.476. The van der Waals surface area contributed by atoms with Gasteiger partial charge >= 0.3 is 12.1 Å². The van der Waals surface area contributed by atoms with E-state index in [0.717, 1.165) is 25.7 Å². The van der Waals surface area contributed by atoms with Crippen LogP contribution in [0, 0.1) is 0 Å². The highest BCUT2D eigenvalue weighted by molar-refractivity contribution is 5.74. The highest BCUT2D eigenvalue weighted by Crippen LogP contribution is 2.15. The highest BCUT2D eigenvalue weighted by atomic mass is 16.6. The zero-order chi connectivity index (χ0) is 16.9. The monoisotopic (exact) mass is 327 g/mol. The van der Waals surface area contributed by atoms with Gasteiger partial charge in [-0.1, -0.05) is 0 Å². The first-order valence-corrected chi connectivity index (χ1v) is 8.46. The molecule has 0 aliphatic carbocycles. The fraction of sp³-hybridized carbons (Fsp3) is 0.875. The summed E-state index contributed by atoms with van der Waals surface area (Å²) < 4.78 is 10.6. The molecular formula is C16H29N3O4. The van der Waals surface area contributed by atoms with E-state index in [2.05, 4.69) is 10.6 Å². The van der Waals surface area contributed by atoms with Gasteiger partial charge in [0.05, 0.1) is 0 Å². The maximum atomic E-state index is 12.0. The van der Waals surface area contributed by atoms with E-state index in [-0.39, 0.29) is 24.2 Å². The number of piperidine rings is 1. The standard InChI is InChI=1S/C16H29N3O4/c1-16(2,3)23-15(21)19-8-4-12(5-9-19)17-14(20)18-13-6-10-22-11-7-13/h12-13H,4-11H2,1-3H3,(H2,17,18,20). The van der Waals surface area contributed by atoms with E-state index in [1.807, 2.05) is 20.8 Å². The summed E-state index contributed by atoms with van der Waals surface area (Å²) in [5.74, 6) is 0. The van der Waals surface area contributed by atoms with E-state index in [0.29, 0.717) is 26.3 Å². The molecule has 23 heavy (non-hydrogen) atoms. The quantitative estimate of drug-likeness (QED) is 0.811. The summed E-state index contributed by atoms with van der Waals surface area (Å²) in [4.78, 5) is 25.7. The van der Waals surface area contributed by atoms with Crippen LogP contribution in [-0.4, -0.2) is 61.0 Å². The summed E-state index contributed by atoms with van der Waals surface area (Å²) in [6.07, 6.45) is 2.96. The molecule has 3 amide bonds. The van der Waals surface area contributed by atoms with E-state index in [1.54, 1.807) is 4.90 Å². The third-order valence-corrected chi connectivity index (χ3v) is 4.04. The van der Waals surface area contributed by atoms with Gasteiger partial charge < -0.3 is 25.0 Å². The molecule has 2 aliphatic rings. The molecule has 0 bridgehead atoms. The molecular weight excluding hydrogens is 298 g/mol. The second-order valence-electron chi connectivity index (χ2n) is 7.25. The van der Waals surface area contributed by atoms with Gasteiger partial charge in [-0.15, -0.1) is 0 Å². The average molecular weight is 327 g/mol. The van der Waals surface area contributed by atoms with Crippen LogP contribution < -0.4 is 10.6 Å². The number of urea groups is 1. The van der Waals surface area contributed by atoms with Crippen molar-refractivity contribution in [2.75, 3.05) is 26.3 Å². The number of amides is 3. The van der Waals surface area contributed by atoms with Crippen LogP contribution in [0.1, 0.15) is 46.5 Å². The summed E-state index contributed by atoms with van der Waals surface area (Å²) >= 11 is 0. The van der Waals surface area contributed by atoms with Crippen molar-refractivity contribution in [2.24, 2.45) is 0 Å². The first kappa shape index (κ1) is 17.8. The number of hydrogen-bond acceptors (Lipinski definition) is 4. The number of carbonyl (C=O) groups is 2. The van der Waals surface area contributed by atoms with E-state index >= 15 is 0 Å². The fourth-order valence-corrected chi connectivity index (χ4v) is 2.79. The summed E-state index contributed by atoms with van der Waals surface area (Å²) in [7, 11) is 0. The maximum absolute atomic E-state index is 12.0. The molecule has 132 valence electrons.